The van der Waals surface area contributed by atoms with Crippen LogP contribution in [0.25, 0.3) is 0 Å². The summed E-state index contributed by atoms with van der Waals surface area (Å²) >= 11 is 0. The summed E-state index contributed by atoms with van der Waals surface area (Å²) in [4.78, 5) is 38.7. The van der Waals surface area contributed by atoms with Gasteiger partial charge < -0.3 is 24.0 Å². The van der Waals surface area contributed by atoms with Crippen molar-refractivity contribution in [3.05, 3.63) is 23.8 Å². The third-order valence-electron chi connectivity index (χ3n) is 4.23. The molecule has 0 aliphatic carbocycles. The van der Waals surface area contributed by atoms with E-state index in [9.17, 15) is 14.4 Å². The van der Waals surface area contributed by atoms with Gasteiger partial charge in [0.05, 0.1) is 20.6 Å². The lowest BCUT2D eigenvalue weighted by Gasteiger charge is -2.34. The molecule has 2 amide bonds. The van der Waals surface area contributed by atoms with Crippen molar-refractivity contribution in [1.29, 1.82) is 0 Å². The second kappa shape index (κ2) is 9.07. The highest BCUT2D eigenvalue weighted by atomic mass is 16.5. The van der Waals surface area contributed by atoms with E-state index < -0.39 is 5.97 Å². The van der Waals surface area contributed by atoms with Crippen molar-refractivity contribution in [3.8, 4) is 11.5 Å². The van der Waals surface area contributed by atoms with Gasteiger partial charge >= 0.3 is 5.97 Å². The molecule has 1 aliphatic rings. The maximum atomic E-state index is 12.1. The molecule has 0 saturated carbocycles. The Kier molecular flexibility index (Phi) is 6.82. The maximum absolute atomic E-state index is 12.1. The van der Waals surface area contributed by atoms with Crippen LogP contribution in [0.4, 0.5) is 0 Å². The molecule has 1 aliphatic heterocycles. The fourth-order valence-corrected chi connectivity index (χ4v) is 2.71. The standard InChI is InChI=1S/C18H24N2O6/c1-13(21)19-6-8-20(9-7-19)17(22)12-26-18(23)11-14-4-5-15(24-2)16(10-14)25-3/h4-5,10H,6-9,11-12H2,1-3H3. The summed E-state index contributed by atoms with van der Waals surface area (Å²) in [6.07, 6.45) is 0.0335. The van der Waals surface area contributed by atoms with Gasteiger partial charge in [-0.2, -0.15) is 0 Å². The number of piperazine rings is 1. The van der Waals surface area contributed by atoms with Gasteiger partial charge in [0.1, 0.15) is 0 Å². The smallest absolute Gasteiger partial charge is 0.310 e. The van der Waals surface area contributed by atoms with Gasteiger partial charge in [-0.25, -0.2) is 0 Å². The molecule has 1 aromatic rings. The topological polar surface area (TPSA) is 85.4 Å². The van der Waals surface area contributed by atoms with Crippen LogP contribution in [0.1, 0.15) is 12.5 Å². The molecule has 8 nitrogen and oxygen atoms in total. The zero-order chi connectivity index (χ0) is 19.1. The predicted octanol–water partition coefficient (Wildman–Crippen LogP) is 0.480. The molecule has 0 bridgehead atoms. The largest absolute Gasteiger partial charge is 0.493 e. The summed E-state index contributed by atoms with van der Waals surface area (Å²) in [6, 6.07) is 5.15. The molecule has 0 aromatic heterocycles. The van der Waals surface area contributed by atoms with Gasteiger partial charge in [-0.3, -0.25) is 14.4 Å². The van der Waals surface area contributed by atoms with Crippen LogP contribution in [-0.2, 0) is 25.5 Å². The first-order chi connectivity index (χ1) is 12.4. The van der Waals surface area contributed by atoms with Crippen molar-refractivity contribution in [3.63, 3.8) is 0 Å². The molecule has 0 unspecified atom stereocenters. The SMILES string of the molecule is COc1ccc(CC(=O)OCC(=O)N2CCN(C(C)=O)CC2)cc1OC. The molecular formula is C18H24N2O6. The summed E-state index contributed by atoms with van der Waals surface area (Å²) in [5.74, 6) is 0.349. The number of nitrogens with zero attached hydrogens (tertiary/aromatic N) is 2. The van der Waals surface area contributed by atoms with Crippen LogP contribution in [-0.4, -0.2) is 74.6 Å². The minimum Gasteiger partial charge on any atom is -0.493 e. The molecule has 0 N–H and O–H groups in total. The van der Waals surface area contributed by atoms with E-state index in [1.165, 1.54) is 21.1 Å². The Morgan fingerprint density at radius 3 is 2.15 bits per heavy atom. The lowest BCUT2D eigenvalue weighted by Crippen LogP contribution is -2.51. The first-order valence-electron chi connectivity index (χ1n) is 8.34. The first-order valence-corrected chi connectivity index (χ1v) is 8.34. The molecule has 8 heteroatoms. The minimum atomic E-state index is -0.493. The molecule has 26 heavy (non-hydrogen) atoms. The fraction of sp³-hybridized carbons (Fsp3) is 0.500. The number of ether oxygens (including phenoxy) is 3. The summed E-state index contributed by atoms with van der Waals surface area (Å²) in [5.41, 5.74) is 0.704. The Morgan fingerprint density at radius 1 is 0.962 bits per heavy atom. The van der Waals surface area contributed by atoms with Crippen LogP contribution in [0.2, 0.25) is 0 Å². The van der Waals surface area contributed by atoms with Crippen molar-refractivity contribution in [2.24, 2.45) is 0 Å². The van der Waals surface area contributed by atoms with E-state index in [1.807, 2.05) is 0 Å². The number of benzene rings is 1. The molecule has 0 atom stereocenters. The summed E-state index contributed by atoms with van der Waals surface area (Å²) in [7, 11) is 3.05. The third-order valence-corrected chi connectivity index (χ3v) is 4.23. The van der Waals surface area contributed by atoms with E-state index in [-0.39, 0.29) is 24.8 Å². The van der Waals surface area contributed by atoms with E-state index in [2.05, 4.69) is 0 Å². The van der Waals surface area contributed by atoms with Gasteiger partial charge in [0, 0.05) is 33.1 Å². The van der Waals surface area contributed by atoms with Gasteiger partial charge in [-0.05, 0) is 17.7 Å². The average molecular weight is 364 g/mol. The molecule has 0 radical (unpaired) electrons. The lowest BCUT2D eigenvalue weighted by atomic mass is 10.1. The van der Waals surface area contributed by atoms with Gasteiger partial charge in [0.2, 0.25) is 5.91 Å². The molecule has 142 valence electrons. The number of hydrogen-bond acceptors (Lipinski definition) is 6. The monoisotopic (exact) mass is 364 g/mol. The molecule has 1 heterocycles. The Morgan fingerprint density at radius 2 is 1.58 bits per heavy atom. The quantitative estimate of drug-likeness (QED) is 0.683. The normalized spacial score (nSPS) is 14.0. The van der Waals surface area contributed by atoms with E-state index >= 15 is 0 Å². The van der Waals surface area contributed by atoms with Crippen molar-refractivity contribution < 1.29 is 28.6 Å². The second-order valence-corrected chi connectivity index (χ2v) is 5.91. The van der Waals surface area contributed by atoms with Crippen LogP contribution < -0.4 is 9.47 Å². The van der Waals surface area contributed by atoms with Crippen LogP contribution in [0.5, 0.6) is 11.5 Å². The van der Waals surface area contributed by atoms with Crippen molar-refractivity contribution in [2.75, 3.05) is 47.0 Å². The highest BCUT2D eigenvalue weighted by Crippen LogP contribution is 2.27. The van der Waals surface area contributed by atoms with Gasteiger partial charge in [-0.1, -0.05) is 6.07 Å². The minimum absolute atomic E-state index is 0.00144. The van der Waals surface area contributed by atoms with Crippen molar-refractivity contribution >= 4 is 17.8 Å². The molecule has 0 spiro atoms. The third kappa shape index (κ3) is 5.11. The average Bonchev–Trinajstić information content (AvgIpc) is 2.66. The maximum Gasteiger partial charge on any atom is 0.310 e. The predicted molar refractivity (Wildman–Crippen MR) is 93.0 cm³/mol. The van der Waals surface area contributed by atoms with Crippen molar-refractivity contribution in [2.45, 2.75) is 13.3 Å². The molecule has 1 saturated heterocycles. The van der Waals surface area contributed by atoms with E-state index in [0.29, 0.717) is 43.2 Å². The molecular weight excluding hydrogens is 340 g/mol. The zero-order valence-electron chi connectivity index (χ0n) is 15.3. The highest BCUT2D eigenvalue weighted by Gasteiger charge is 2.23. The Bertz CT molecular complexity index is 668. The molecule has 1 fully saturated rings. The first kappa shape index (κ1) is 19.6. The van der Waals surface area contributed by atoms with E-state index in [1.54, 1.807) is 28.0 Å². The molecule has 1 aromatic carbocycles. The van der Waals surface area contributed by atoms with Crippen molar-refractivity contribution in [1.82, 2.24) is 9.80 Å². The number of esters is 1. The Labute approximate surface area is 152 Å². The second-order valence-electron chi connectivity index (χ2n) is 5.91. The number of carbonyl (C=O) groups excluding carboxylic acids is 3. The number of rotatable bonds is 6. The van der Waals surface area contributed by atoms with E-state index in [0.717, 1.165) is 0 Å². The number of carbonyl (C=O) groups is 3. The fourth-order valence-electron chi connectivity index (χ4n) is 2.71. The Hall–Kier alpha value is -2.77. The molecule has 2 rings (SSSR count). The van der Waals surface area contributed by atoms with Gasteiger partial charge in [0.25, 0.3) is 5.91 Å². The van der Waals surface area contributed by atoms with Gasteiger partial charge in [0.15, 0.2) is 18.1 Å². The summed E-state index contributed by atoms with van der Waals surface area (Å²) in [6.45, 7) is 3.11. The number of amides is 2. The Balaban J connectivity index is 1.80. The highest BCUT2D eigenvalue weighted by molar-refractivity contribution is 5.82. The lowest BCUT2D eigenvalue weighted by molar-refractivity contribution is -0.152. The van der Waals surface area contributed by atoms with Crippen LogP contribution in [0.3, 0.4) is 0 Å². The van der Waals surface area contributed by atoms with Crippen LogP contribution in [0, 0.1) is 0 Å². The van der Waals surface area contributed by atoms with Gasteiger partial charge in [-0.15, -0.1) is 0 Å². The summed E-state index contributed by atoms with van der Waals surface area (Å²) in [5, 5.41) is 0. The van der Waals surface area contributed by atoms with E-state index in [4.69, 9.17) is 14.2 Å². The summed E-state index contributed by atoms with van der Waals surface area (Å²) < 4.78 is 15.4. The number of methoxy groups -OCH3 is 2. The van der Waals surface area contributed by atoms with Crippen LogP contribution >= 0.6 is 0 Å². The number of hydrogen-bond donors (Lipinski definition) is 0. The van der Waals surface area contributed by atoms with Crippen LogP contribution in [0.15, 0.2) is 18.2 Å². The zero-order valence-corrected chi connectivity index (χ0v) is 15.3.